The maximum Gasteiger partial charge on any atom is 0.254 e. The molecule has 31 heavy (non-hydrogen) atoms. The van der Waals surface area contributed by atoms with Crippen molar-refractivity contribution in [2.75, 3.05) is 19.0 Å². The fourth-order valence-corrected chi connectivity index (χ4v) is 3.85. The van der Waals surface area contributed by atoms with Crippen LogP contribution in [0.3, 0.4) is 0 Å². The van der Waals surface area contributed by atoms with E-state index >= 15 is 0 Å². The lowest BCUT2D eigenvalue weighted by Gasteiger charge is -2.25. The summed E-state index contributed by atoms with van der Waals surface area (Å²) >= 11 is 0. The van der Waals surface area contributed by atoms with Gasteiger partial charge >= 0.3 is 0 Å². The first-order valence-corrected chi connectivity index (χ1v) is 9.86. The van der Waals surface area contributed by atoms with Gasteiger partial charge in [0.25, 0.3) is 5.91 Å². The normalized spacial score (nSPS) is 23.4. The van der Waals surface area contributed by atoms with Gasteiger partial charge in [-0.15, -0.1) is 0 Å². The second-order valence-corrected chi connectivity index (χ2v) is 8.10. The van der Waals surface area contributed by atoms with Crippen molar-refractivity contribution >= 4 is 11.6 Å². The van der Waals surface area contributed by atoms with E-state index in [9.17, 15) is 18.7 Å². The van der Waals surface area contributed by atoms with Crippen LogP contribution in [0, 0.1) is 17.6 Å². The first kappa shape index (κ1) is 23.1. The highest BCUT2D eigenvalue weighted by Gasteiger charge is 2.51. The van der Waals surface area contributed by atoms with E-state index in [0.29, 0.717) is 11.3 Å². The summed E-state index contributed by atoms with van der Waals surface area (Å²) in [6, 6.07) is 5.44. The first-order chi connectivity index (χ1) is 14.6. The van der Waals surface area contributed by atoms with Gasteiger partial charge in [0, 0.05) is 11.5 Å². The Bertz CT molecular complexity index is 952. The quantitative estimate of drug-likeness (QED) is 0.644. The van der Waals surface area contributed by atoms with Crippen LogP contribution >= 0.6 is 0 Å². The molecule has 0 saturated carbocycles. The molecule has 1 aromatic carbocycles. The van der Waals surface area contributed by atoms with Gasteiger partial charge in [-0.1, -0.05) is 13.0 Å². The van der Waals surface area contributed by atoms with Gasteiger partial charge in [-0.25, -0.2) is 4.39 Å². The molecule has 3 rings (SSSR count). The molecular formula is C22H26F2N2O5. The molecule has 0 aliphatic carbocycles. The lowest BCUT2D eigenvalue weighted by atomic mass is 9.78. The lowest BCUT2D eigenvalue weighted by molar-refractivity contribution is -0.131. The average molecular weight is 436 g/mol. The number of aromatic nitrogens is 1. The molecule has 3 N–H and O–H groups in total. The molecule has 9 heteroatoms. The Morgan fingerprint density at radius 1 is 1.32 bits per heavy atom. The van der Waals surface area contributed by atoms with Gasteiger partial charge in [0.2, 0.25) is 5.82 Å². The van der Waals surface area contributed by atoms with Gasteiger partial charge in [-0.05, 0) is 38.0 Å². The van der Waals surface area contributed by atoms with Crippen LogP contribution in [0.15, 0.2) is 30.5 Å². The summed E-state index contributed by atoms with van der Waals surface area (Å²) in [7, 11) is 1.25. The maximum atomic E-state index is 14.4. The largest absolute Gasteiger partial charge is 0.493 e. The standard InChI is InChI=1S/C22H26F2N2O5/c1-11-17(13-6-7-14(23)18(24)19(13)30-4)20(31-22(11,2)3)21(29)26-12-5-8-15(25-9-12)16(28)10-27/h5-9,11,16-17,20,27-28H,10H2,1-4H3,(H,26,29)/t11-,16-,17-,20+/m0/s1. The van der Waals surface area contributed by atoms with Crippen LogP contribution in [0.4, 0.5) is 14.5 Å². The van der Waals surface area contributed by atoms with Crippen LogP contribution < -0.4 is 10.1 Å². The van der Waals surface area contributed by atoms with Gasteiger partial charge in [-0.2, -0.15) is 4.39 Å². The summed E-state index contributed by atoms with van der Waals surface area (Å²) in [5.41, 5.74) is 0.252. The topological polar surface area (TPSA) is 101 Å². The number of carbonyl (C=O) groups excluding carboxylic acids is 1. The summed E-state index contributed by atoms with van der Waals surface area (Å²) in [5, 5.41) is 21.3. The number of methoxy groups -OCH3 is 1. The molecule has 2 aromatic rings. The van der Waals surface area contributed by atoms with Crippen LogP contribution in [-0.2, 0) is 9.53 Å². The van der Waals surface area contributed by atoms with Crippen molar-refractivity contribution in [3.8, 4) is 5.75 Å². The maximum absolute atomic E-state index is 14.4. The summed E-state index contributed by atoms with van der Waals surface area (Å²) in [6.45, 7) is 5.07. The summed E-state index contributed by atoms with van der Waals surface area (Å²) in [4.78, 5) is 17.1. The third-order valence-electron chi connectivity index (χ3n) is 5.86. The molecule has 7 nitrogen and oxygen atoms in total. The summed E-state index contributed by atoms with van der Waals surface area (Å²) < 4.78 is 39.2. The zero-order valence-electron chi connectivity index (χ0n) is 17.7. The van der Waals surface area contributed by atoms with E-state index in [-0.39, 0.29) is 17.4 Å². The number of halogens is 2. The number of amides is 1. The van der Waals surface area contributed by atoms with Crippen molar-refractivity contribution < 1.29 is 33.3 Å². The van der Waals surface area contributed by atoms with E-state index in [1.807, 2.05) is 20.8 Å². The van der Waals surface area contributed by atoms with Crippen LogP contribution in [0.25, 0.3) is 0 Å². The van der Waals surface area contributed by atoms with E-state index in [4.69, 9.17) is 14.6 Å². The molecule has 0 radical (unpaired) electrons. The molecule has 4 atom stereocenters. The number of carbonyl (C=O) groups is 1. The predicted octanol–water partition coefficient (Wildman–Crippen LogP) is 2.93. The second kappa shape index (κ2) is 8.86. The number of hydrogen-bond acceptors (Lipinski definition) is 6. The third kappa shape index (κ3) is 4.39. The number of aliphatic hydroxyl groups is 2. The van der Waals surface area contributed by atoms with Crippen LogP contribution in [0.2, 0.25) is 0 Å². The Morgan fingerprint density at radius 2 is 2.03 bits per heavy atom. The Labute approximate surface area is 179 Å². The van der Waals surface area contributed by atoms with Crippen molar-refractivity contribution in [1.29, 1.82) is 0 Å². The number of hydrogen-bond donors (Lipinski definition) is 3. The Morgan fingerprint density at radius 3 is 2.61 bits per heavy atom. The van der Waals surface area contributed by atoms with Crippen molar-refractivity contribution in [3.63, 3.8) is 0 Å². The Hall–Kier alpha value is -2.62. The highest BCUT2D eigenvalue weighted by Crippen LogP contribution is 2.49. The van der Waals surface area contributed by atoms with Gasteiger partial charge in [0.1, 0.15) is 12.2 Å². The molecule has 168 valence electrons. The molecule has 0 spiro atoms. The molecule has 1 saturated heterocycles. The van der Waals surface area contributed by atoms with Crippen molar-refractivity contribution in [3.05, 3.63) is 53.4 Å². The molecule has 1 amide bonds. The Kier molecular flexibility index (Phi) is 6.59. The van der Waals surface area contributed by atoms with Gasteiger partial charge in [0.05, 0.1) is 36.9 Å². The van der Waals surface area contributed by atoms with Crippen molar-refractivity contribution in [2.24, 2.45) is 5.92 Å². The minimum absolute atomic E-state index is 0.220. The van der Waals surface area contributed by atoms with E-state index in [0.717, 1.165) is 6.07 Å². The SMILES string of the molecule is COc1c([C@H]2[C@H](C(=O)Nc3ccc([C@@H](O)CO)nc3)OC(C)(C)[C@H]2C)ccc(F)c1F. The molecule has 1 aromatic heterocycles. The van der Waals surface area contributed by atoms with Crippen molar-refractivity contribution in [2.45, 2.75) is 44.5 Å². The number of pyridine rings is 1. The summed E-state index contributed by atoms with van der Waals surface area (Å²) in [5.74, 6) is -3.70. The van der Waals surface area contributed by atoms with E-state index < -0.39 is 47.9 Å². The van der Waals surface area contributed by atoms with Gasteiger partial charge in [-0.3, -0.25) is 9.78 Å². The van der Waals surface area contributed by atoms with Gasteiger partial charge < -0.3 is 25.0 Å². The second-order valence-electron chi connectivity index (χ2n) is 8.10. The zero-order chi connectivity index (χ0) is 22.9. The van der Waals surface area contributed by atoms with Crippen LogP contribution in [0.1, 0.15) is 44.1 Å². The van der Waals surface area contributed by atoms with Crippen LogP contribution in [-0.4, -0.2) is 46.5 Å². The van der Waals surface area contributed by atoms with Crippen LogP contribution in [0.5, 0.6) is 5.75 Å². The third-order valence-corrected chi connectivity index (χ3v) is 5.86. The fraction of sp³-hybridized carbons (Fsp3) is 0.455. The smallest absolute Gasteiger partial charge is 0.254 e. The molecular weight excluding hydrogens is 410 g/mol. The summed E-state index contributed by atoms with van der Waals surface area (Å²) in [6.07, 6.45) is -0.760. The minimum atomic E-state index is -1.12. The first-order valence-electron chi connectivity index (χ1n) is 9.86. The molecule has 2 heterocycles. The van der Waals surface area contributed by atoms with Crippen molar-refractivity contribution in [1.82, 2.24) is 4.98 Å². The number of benzene rings is 1. The van der Waals surface area contributed by atoms with E-state index in [2.05, 4.69) is 10.3 Å². The molecule has 1 aliphatic rings. The number of ether oxygens (including phenoxy) is 2. The minimum Gasteiger partial charge on any atom is -0.493 e. The monoisotopic (exact) mass is 436 g/mol. The predicted molar refractivity (Wildman–Crippen MR) is 109 cm³/mol. The average Bonchev–Trinajstić information content (AvgIpc) is 2.99. The molecule has 0 unspecified atom stereocenters. The van der Waals surface area contributed by atoms with Gasteiger partial charge in [0.15, 0.2) is 11.6 Å². The fourth-order valence-electron chi connectivity index (χ4n) is 3.85. The molecule has 1 fully saturated rings. The number of nitrogens with zero attached hydrogens (tertiary/aromatic N) is 1. The van der Waals surface area contributed by atoms with E-state index in [1.165, 1.54) is 31.5 Å². The van der Waals surface area contributed by atoms with E-state index in [1.54, 1.807) is 0 Å². The number of aliphatic hydroxyl groups excluding tert-OH is 2. The highest BCUT2D eigenvalue weighted by atomic mass is 19.2. The number of anilines is 1. The molecule has 0 bridgehead atoms. The molecule has 1 aliphatic heterocycles. The zero-order valence-corrected chi connectivity index (χ0v) is 17.7. The Balaban J connectivity index is 1.91. The number of nitrogens with one attached hydrogen (secondary N) is 1. The number of rotatable bonds is 6. The lowest BCUT2D eigenvalue weighted by Crippen LogP contribution is -2.33. The highest BCUT2D eigenvalue weighted by molar-refractivity contribution is 5.95.